The van der Waals surface area contributed by atoms with Gasteiger partial charge in [-0.05, 0) is 33.1 Å². The van der Waals surface area contributed by atoms with Crippen molar-refractivity contribution in [1.29, 1.82) is 5.41 Å². The van der Waals surface area contributed by atoms with Gasteiger partial charge in [-0.3, -0.25) is 5.41 Å². The summed E-state index contributed by atoms with van der Waals surface area (Å²) in [6.07, 6.45) is 3.67. The molecule has 1 atom stereocenters. The van der Waals surface area contributed by atoms with E-state index < -0.39 is 0 Å². The quantitative estimate of drug-likeness (QED) is 0.632. The van der Waals surface area contributed by atoms with Gasteiger partial charge in [0.2, 0.25) is 0 Å². The minimum atomic E-state index is 0.280. The van der Waals surface area contributed by atoms with E-state index in [-0.39, 0.29) is 6.10 Å². The van der Waals surface area contributed by atoms with Crippen LogP contribution in [0.5, 0.6) is 0 Å². The molecule has 2 rings (SSSR count). The lowest BCUT2D eigenvalue weighted by Crippen LogP contribution is -2.39. The molecule has 2 heterocycles. The first-order valence-electron chi connectivity index (χ1n) is 7.80. The summed E-state index contributed by atoms with van der Waals surface area (Å²) in [6.45, 7) is 8.12. The predicted molar refractivity (Wildman–Crippen MR) is 84.0 cm³/mol. The molecule has 0 amide bonds. The fraction of sp³-hybridized carbons (Fsp3) is 0.867. The van der Waals surface area contributed by atoms with Crippen LogP contribution in [0.1, 0.15) is 33.1 Å². The summed E-state index contributed by atoms with van der Waals surface area (Å²) in [5, 5.41) is 7.62. The summed E-state index contributed by atoms with van der Waals surface area (Å²) in [6, 6.07) is 0. The molecule has 0 bridgehead atoms. The van der Waals surface area contributed by atoms with Crippen molar-refractivity contribution in [3.63, 3.8) is 0 Å². The second-order valence-electron chi connectivity index (χ2n) is 5.87. The largest absolute Gasteiger partial charge is 0.380 e. The number of likely N-dealkylation sites (tertiary alicyclic amines) is 2. The van der Waals surface area contributed by atoms with Crippen molar-refractivity contribution < 1.29 is 9.47 Å². The van der Waals surface area contributed by atoms with E-state index in [9.17, 15) is 0 Å². The Morgan fingerprint density at radius 3 is 2.29 bits per heavy atom. The lowest BCUT2D eigenvalue weighted by molar-refractivity contribution is 0.0232. The first-order valence-corrected chi connectivity index (χ1v) is 7.80. The van der Waals surface area contributed by atoms with E-state index in [4.69, 9.17) is 14.9 Å². The third kappa shape index (κ3) is 4.68. The van der Waals surface area contributed by atoms with Crippen LogP contribution >= 0.6 is 0 Å². The Bertz CT molecular complexity index is 378. The molecule has 0 spiro atoms. The number of nitrogens with zero attached hydrogens (tertiary/aromatic N) is 3. The monoisotopic (exact) mass is 296 g/mol. The van der Waals surface area contributed by atoms with Crippen LogP contribution < -0.4 is 0 Å². The number of hydrogen-bond acceptors (Lipinski definition) is 4. The third-order valence-electron chi connectivity index (χ3n) is 4.46. The first kappa shape index (κ1) is 16.2. The van der Waals surface area contributed by atoms with Gasteiger partial charge in [0.1, 0.15) is 6.73 Å². The molecule has 6 nitrogen and oxygen atoms in total. The van der Waals surface area contributed by atoms with E-state index in [1.165, 1.54) is 0 Å². The molecule has 0 aromatic carbocycles. The van der Waals surface area contributed by atoms with E-state index in [0.717, 1.165) is 51.3 Å². The number of amidine groups is 2. The zero-order chi connectivity index (χ0) is 15.2. The maximum Gasteiger partial charge on any atom is 0.139 e. The van der Waals surface area contributed by atoms with Crippen molar-refractivity contribution in [1.82, 2.24) is 9.80 Å². The highest BCUT2D eigenvalue weighted by molar-refractivity contribution is 5.80. The zero-order valence-electron chi connectivity index (χ0n) is 13.5. The zero-order valence-corrected chi connectivity index (χ0v) is 13.5. The van der Waals surface area contributed by atoms with Gasteiger partial charge in [0, 0.05) is 33.3 Å². The fourth-order valence-electron chi connectivity index (χ4n) is 2.91. The summed E-state index contributed by atoms with van der Waals surface area (Å²) in [7, 11) is 1.77. The van der Waals surface area contributed by atoms with Gasteiger partial charge < -0.3 is 19.3 Å². The number of nitrogens with one attached hydrogen (secondary N) is 1. The third-order valence-corrected chi connectivity index (χ3v) is 4.46. The van der Waals surface area contributed by atoms with E-state index >= 15 is 0 Å². The van der Waals surface area contributed by atoms with Crippen LogP contribution in [0, 0.1) is 5.41 Å². The number of rotatable bonds is 4. The maximum atomic E-state index is 7.62. The van der Waals surface area contributed by atoms with Gasteiger partial charge in [-0.2, -0.15) is 0 Å². The van der Waals surface area contributed by atoms with Crippen molar-refractivity contribution in [2.75, 3.05) is 40.0 Å². The van der Waals surface area contributed by atoms with Crippen molar-refractivity contribution in [3.05, 3.63) is 0 Å². The molecule has 0 aromatic heterocycles. The first-order chi connectivity index (χ1) is 10.1. The number of methoxy groups -OCH3 is 1. The predicted octanol–water partition coefficient (Wildman–Crippen LogP) is 1.56. The smallest absolute Gasteiger partial charge is 0.139 e. The van der Waals surface area contributed by atoms with Crippen molar-refractivity contribution >= 4 is 11.7 Å². The average Bonchev–Trinajstić information content (AvgIpc) is 2.96. The van der Waals surface area contributed by atoms with E-state index in [1.807, 2.05) is 13.8 Å². The molecule has 2 saturated heterocycles. The highest BCUT2D eigenvalue weighted by Gasteiger charge is 2.23. The van der Waals surface area contributed by atoms with Crippen molar-refractivity contribution in [3.8, 4) is 0 Å². The second kappa shape index (κ2) is 7.75. The molecular weight excluding hydrogens is 268 g/mol. The number of ether oxygens (including phenoxy) is 2. The number of piperidine rings is 1. The standard InChI is InChI=1S/C15H28N4O2/c1-12(16)18-7-4-14(5-8-18)21-11-17-13(2)19-9-6-15(10-19)20-3/h14-16H,4-11H2,1-3H3/b16-12?,17-13-. The highest BCUT2D eigenvalue weighted by Crippen LogP contribution is 2.15. The normalized spacial score (nSPS) is 24.7. The van der Waals surface area contributed by atoms with Crippen LogP contribution in [0.4, 0.5) is 0 Å². The SMILES string of the molecule is COC1CCN(/C(C)=N\COC2CCN(C(C)=N)CC2)C1. The Kier molecular flexibility index (Phi) is 5.99. The molecule has 6 heteroatoms. The minimum Gasteiger partial charge on any atom is -0.380 e. The molecular formula is C15H28N4O2. The Hall–Kier alpha value is -1.14. The average molecular weight is 296 g/mol. The molecule has 0 aromatic rings. The Labute approximate surface area is 127 Å². The topological polar surface area (TPSA) is 61.2 Å². The molecule has 2 fully saturated rings. The van der Waals surface area contributed by atoms with Gasteiger partial charge in [-0.15, -0.1) is 0 Å². The van der Waals surface area contributed by atoms with Crippen LogP contribution in [0.2, 0.25) is 0 Å². The molecule has 1 N–H and O–H groups in total. The second-order valence-corrected chi connectivity index (χ2v) is 5.87. The summed E-state index contributed by atoms with van der Waals surface area (Å²) in [5.41, 5.74) is 0. The maximum absolute atomic E-state index is 7.62. The van der Waals surface area contributed by atoms with Crippen LogP contribution in [0.3, 0.4) is 0 Å². The van der Waals surface area contributed by atoms with E-state index in [1.54, 1.807) is 7.11 Å². The molecule has 0 aliphatic carbocycles. The Balaban J connectivity index is 1.67. The van der Waals surface area contributed by atoms with Gasteiger partial charge >= 0.3 is 0 Å². The molecule has 1 unspecified atom stereocenters. The van der Waals surface area contributed by atoms with Crippen molar-refractivity contribution in [2.24, 2.45) is 4.99 Å². The molecule has 2 aliphatic rings. The lowest BCUT2D eigenvalue weighted by atomic mass is 10.1. The fourth-order valence-corrected chi connectivity index (χ4v) is 2.91. The number of hydrogen-bond donors (Lipinski definition) is 1. The molecule has 0 saturated carbocycles. The summed E-state index contributed by atoms with van der Waals surface area (Å²) < 4.78 is 11.2. The summed E-state index contributed by atoms with van der Waals surface area (Å²) in [5.74, 6) is 1.70. The Morgan fingerprint density at radius 1 is 1.10 bits per heavy atom. The van der Waals surface area contributed by atoms with Crippen molar-refractivity contribution in [2.45, 2.75) is 45.3 Å². The highest BCUT2D eigenvalue weighted by atomic mass is 16.5. The van der Waals surface area contributed by atoms with E-state index in [0.29, 0.717) is 18.7 Å². The summed E-state index contributed by atoms with van der Waals surface area (Å²) in [4.78, 5) is 8.90. The van der Waals surface area contributed by atoms with Crippen LogP contribution in [0.15, 0.2) is 4.99 Å². The molecule has 2 aliphatic heterocycles. The van der Waals surface area contributed by atoms with Crippen LogP contribution in [0.25, 0.3) is 0 Å². The van der Waals surface area contributed by atoms with Crippen LogP contribution in [-0.2, 0) is 9.47 Å². The molecule has 21 heavy (non-hydrogen) atoms. The molecule has 0 radical (unpaired) electrons. The summed E-state index contributed by atoms with van der Waals surface area (Å²) >= 11 is 0. The van der Waals surface area contributed by atoms with Gasteiger partial charge in [-0.25, -0.2) is 4.99 Å². The van der Waals surface area contributed by atoms with Crippen LogP contribution in [-0.4, -0.2) is 73.7 Å². The van der Waals surface area contributed by atoms with Gasteiger partial charge in [0.15, 0.2) is 0 Å². The lowest BCUT2D eigenvalue weighted by Gasteiger charge is -2.32. The van der Waals surface area contributed by atoms with E-state index in [2.05, 4.69) is 14.8 Å². The molecule has 120 valence electrons. The number of aliphatic imine (C=N–C) groups is 1. The Morgan fingerprint density at radius 2 is 1.71 bits per heavy atom. The van der Waals surface area contributed by atoms with Gasteiger partial charge in [0.05, 0.1) is 23.9 Å². The van der Waals surface area contributed by atoms with Gasteiger partial charge in [-0.1, -0.05) is 0 Å². The van der Waals surface area contributed by atoms with Gasteiger partial charge in [0.25, 0.3) is 0 Å². The minimum absolute atomic E-state index is 0.280.